The lowest BCUT2D eigenvalue weighted by Crippen LogP contribution is -2.70. The molecule has 2 aromatic carbocycles. The van der Waals surface area contributed by atoms with E-state index < -0.39 is 11.0 Å². The molecule has 5 heteroatoms. The molecule has 0 unspecified atom stereocenters. The number of benzene rings is 2. The minimum absolute atomic E-state index is 0.0933. The van der Waals surface area contributed by atoms with Gasteiger partial charge in [-0.15, -0.1) is 0 Å². The van der Waals surface area contributed by atoms with Gasteiger partial charge < -0.3 is 15.1 Å². The second kappa shape index (κ2) is 6.93. The van der Waals surface area contributed by atoms with Gasteiger partial charge in [0.15, 0.2) is 0 Å². The van der Waals surface area contributed by atoms with Gasteiger partial charge in [0.05, 0.1) is 17.8 Å². The molecule has 0 amide bonds. The molecule has 3 aromatic rings. The first-order valence-corrected chi connectivity index (χ1v) is 11.8. The second-order valence-corrected chi connectivity index (χ2v) is 10.1. The fraction of sp³-hybridized carbons (Fsp3) is 0.444. The molecule has 2 N–H and O–H groups in total. The quantitative estimate of drug-likeness (QED) is 0.656. The number of nitrogens with zero attached hydrogens (tertiary/aromatic N) is 3. The van der Waals surface area contributed by atoms with Crippen molar-refractivity contribution in [2.24, 2.45) is 0 Å². The molecule has 1 aliphatic heterocycles. The van der Waals surface area contributed by atoms with Gasteiger partial charge in [-0.05, 0) is 74.2 Å². The third-order valence-corrected chi connectivity index (χ3v) is 8.56. The Bertz CT molecular complexity index is 1190. The Morgan fingerprint density at radius 1 is 1.12 bits per heavy atom. The van der Waals surface area contributed by atoms with E-state index in [1.54, 1.807) is 6.07 Å². The molecule has 0 spiro atoms. The standard InChI is InChI=1S/C27H31N3O2/c1-18-22-15-27(32)25-11-9-20-8-10-21(31)14-23(20)26(27,12-13-29(25)2)16-24(22)30(28-18)17-19-6-4-3-5-7-19/h3-8,10,14,25,31-32H,9,11-13,15-17H2,1-2H3/t25-,26-,27-/m1/s1. The van der Waals surface area contributed by atoms with Crippen molar-refractivity contribution in [3.8, 4) is 5.75 Å². The first-order valence-electron chi connectivity index (χ1n) is 11.8. The van der Waals surface area contributed by atoms with Crippen LogP contribution in [0.25, 0.3) is 0 Å². The van der Waals surface area contributed by atoms with Crippen LogP contribution in [0.1, 0.15) is 46.5 Å². The summed E-state index contributed by atoms with van der Waals surface area (Å²) in [7, 11) is 2.15. The molecule has 1 aromatic heterocycles. The molecule has 2 heterocycles. The number of fused-ring (bicyclic) bond motifs is 2. The van der Waals surface area contributed by atoms with Gasteiger partial charge in [-0.2, -0.15) is 5.10 Å². The summed E-state index contributed by atoms with van der Waals surface area (Å²) < 4.78 is 2.16. The second-order valence-electron chi connectivity index (χ2n) is 10.1. The van der Waals surface area contributed by atoms with Crippen molar-refractivity contribution in [1.29, 1.82) is 0 Å². The number of phenolic OH excluding ortho intramolecular Hbond substituents is 1. The van der Waals surface area contributed by atoms with Crippen molar-refractivity contribution < 1.29 is 10.2 Å². The molecule has 2 bridgehead atoms. The van der Waals surface area contributed by atoms with Crippen molar-refractivity contribution >= 4 is 0 Å². The van der Waals surface area contributed by atoms with Crippen LogP contribution in [0.2, 0.25) is 0 Å². The highest BCUT2D eigenvalue weighted by atomic mass is 16.3. The molecule has 2 aliphatic carbocycles. The molecule has 0 radical (unpaired) electrons. The van der Waals surface area contributed by atoms with E-state index in [9.17, 15) is 10.2 Å². The Morgan fingerprint density at radius 3 is 2.75 bits per heavy atom. The van der Waals surface area contributed by atoms with Gasteiger partial charge in [-0.1, -0.05) is 36.4 Å². The van der Waals surface area contributed by atoms with Crippen LogP contribution < -0.4 is 0 Å². The zero-order valence-corrected chi connectivity index (χ0v) is 18.9. The summed E-state index contributed by atoms with van der Waals surface area (Å²) in [4.78, 5) is 2.36. The fourth-order valence-corrected chi connectivity index (χ4v) is 6.93. The smallest absolute Gasteiger partial charge is 0.115 e. The van der Waals surface area contributed by atoms with Crippen molar-refractivity contribution in [2.75, 3.05) is 13.6 Å². The van der Waals surface area contributed by atoms with E-state index in [2.05, 4.69) is 53.9 Å². The van der Waals surface area contributed by atoms with Gasteiger partial charge in [0.25, 0.3) is 0 Å². The van der Waals surface area contributed by atoms with Crippen LogP contribution in [0.15, 0.2) is 48.5 Å². The summed E-state index contributed by atoms with van der Waals surface area (Å²) in [5.41, 5.74) is 5.84. The van der Waals surface area contributed by atoms with Crippen LogP contribution in [0.5, 0.6) is 5.75 Å². The van der Waals surface area contributed by atoms with E-state index in [1.807, 2.05) is 12.1 Å². The maximum Gasteiger partial charge on any atom is 0.115 e. The number of hydrogen-bond donors (Lipinski definition) is 2. The molecule has 3 aliphatic rings. The molecule has 1 saturated heterocycles. The first kappa shape index (κ1) is 20.0. The maximum atomic E-state index is 12.6. The predicted octanol–water partition coefficient (Wildman–Crippen LogP) is 3.36. The van der Waals surface area contributed by atoms with Crippen molar-refractivity contribution in [3.05, 3.63) is 82.2 Å². The molecule has 5 nitrogen and oxygen atoms in total. The molecular weight excluding hydrogens is 398 g/mol. The number of aliphatic hydroxyl groups is 1. The lowest BCUT2D eigenvalue weighted by molar-refractivity contribution is -0.137. The number of hydrogen-bond acceptors (Lipinski definition) is 4. The molecular formula is C27H31N3O2. The largest absolute Gasteiger partial charge is 0.508 e. The minimum Gasteiger partial charge on any atom is -0.508 e. The first-order chi connectivity index (χ1) is 15.4. The number of aromatic nitrogens is 2. The summed E-state index contributed by atoms with van der Waals surface area (Å²) >= 11 is 0. The normalized spacial score (nSPS) is 29.0. The summed E-state index contributed by atoms with van der Waals surface area (Å²) in [5.74, 6) is 0.289. The van der Waals surface area contributed by atoms with E-state index in [0.29, 0.717) is 6.42 Å². The molecule has 0 saturated carbocycles. The van der Waals surface area contributed by atoms with Gasteiger partial charge in [0.1, 0.15) is 5.75 Å². The lowest BCUT2D eigenvalue weighted by Gasteiger charge is -2.59. The zero-order chi connectivity index (χ0) is 22.1. The van der Waals surface area contributed by atoms with Crippen LogP contribution in [0.3, 0.4) is 0 Å². The summed E-state index contributed by atoms with van der Waals surface area (Å²) in [6.07, 6.45) is 4.11. The van der Waals surface area contributed by atoms with E-state index in [-0.39, 0.29) is 11.8 Å². The number of rotatable bonds is 2. The third kappa shape index (κ3) is 2.67. The van der Waals surface area contributed by atoms with E-state index in [1.165, 1.54) is 22.4 Å². The monoisotopic (exact) mass is 429 g/mol. The number of likely N-dealkylation sites (tertiary alicyclic amines) is 1. The van der Waals surface area contributed by atoms with Crippen LogP contribution >= 0.6 is 0 Å². The third-order valence-electron chi connectivity index (χ3n) is 8.56. The van der Waals surface area contributed by atoms with Gasteiger partial charge in [0.2, 0.25) is 0 Å². The van der Waals surface area contributed by atoms with E-state index in [4.69, 9.17) is 5.10 Å². The summed E-state index contributed by atoms with van der Waals surface area (Å²) in [6, 6.07) is 16.4. The van der Waals surface area contributed by atoms with E-state index >= 15 is 0 Å². The SMILES string of the molecule is Cc1nn(Cc2ccccc2)c2c1C[C@@]1(O)[C@H]3CCc4ccc(O)cc4[C@@]1(CCN3C)C2. The topological polar surface area (TPSA) is 61.5 Å². The number of likely N-dealkylation sites (N-methyl/N-ethyl adjacent to an activating group) is 1. The average Bonchev–Trinajstić information content (AvgIpc) is 3.03. The number of piperidine rings is 1. The van der Waals surface area contributed by atoms with Gasteiger partial charge in [-0.3, -0.25) is 4.68 Å². The van der Waals surface area contributed by atoms with Crippen molar-refractivity contribution in [1.82, 2.24) is 14.7 Å². The molecule has 32 heavy (non-hydrogen) atoms. The van der Waals surface area contributed by atoms with Crippen LogP contribution in [-0.4, -0.2) is 50.1 Å². The number of aromatic hydroxyl groups is 1. The zero-order valence-electron chi connectivity index (χ0n) is 18.9. The van der Waals surface area contributed by atoms with Crippen LogP contribution in [0.4, 0.5) is 0 Å². The number of aryl methyl sites for hydroxylation is 2. The minimum atomic E-state index is -0.878. The van der Waals surface area contributed by atoms with Gasteiger partial charge in [-0.25, -0.2) is 0 Å². The summed E-state index contributed by atoms with van der Waals surface area (Å²) in [5, 5.41) is 27.9. The molecule has 3 atom stereocenters. The Labute approximate surface area is 189 Å². The Hall–Kier alpha value is -2.63. The van der Waals surface area contributed by atoms with Gasteiger partial charge >= 0.3 is 0 Å². The Morgan fingerprint density at radius 2 is 1.94 bits per heavy atom. The molecule has 6 rings (SSSR count). The van der Waals surface area contributed by atoms with Crippen molar-refractivity contribution in [3.63, 3.8) is 0 Å². The van der Waals surface area contributed by atoms with Crippen LogP contribution in [0, 0.1) is 6.92 Å². The fourth-order valence-electron chi connectivity index (χ4n) is 6.93. The highest BCUT2D eigenvalue weighted by Crippen LogP contribution is 2.56. The predicted molar refractivity (Wildman–Crippen MR) is 124 cm³/mol. The Kier molecular flexibility index (Phi) is 4.33. The highest BCUT2D eigenvalue weighted by Gasteiger charge is 2.63. The number of phenols is 1. The van der Waals surface area contributed by atoms with Crippen LogP contribution in [-0.2, 0) is 31.2 Å². The van der Waals surface area contributed by atoms with Crippen molar-refractivity contribution in [2.45, 2.75) is 62.6 Å². The molecule has 166 valence electrons. The lowest BCUT2D eigenvalue weighted by atomic mass is 9.53. The van der Waals surface area contributed by atoms with E-state index in [0.717, 1.165) is 50.0 Å². The highest BCUT2D eigenvalue weighted by molar-refractivity contribution is 5.50. The molecule has 1 fully saturated rings. The summed E-state index contributed by atoms with van der Waals surface area (Å²) in [6.45, 7) is 3.77. The maximum absolute atomic E-state index is 12.6. The Balaban J connectivity index is 1.55. The average molecular weight is 430 g/mol. The van der Waals surface area contributed by atoms with Gasteiger partial charge in [0, 0.05) is 30.0 Å².